The third-order valence-corrected chi connectivity index (χ3v) is 6.92. The van der Waals surface area contributed by atoms with Crippen molar-refractivity contribution < 1.29 is 37.8 Å². The van der Waals surface area contributed by atoms with Gasteiger partial charge in [-0.3, -0.25) is 9.59 Å². The summed E-state index contributed by atoms with van der Waals surface area (Å²) in [6.07, 6.45) is 2.05. The molecule has 0 bridgehead atoms. The third kappa shape index (κ3) is 2.73. The lowest BCUT2D eigenvalue weighted by Gasteiger charge is -2.48. The van der Waals surface area contributed by atoms with E-state index in [-0.39, 0.29) is 30.5 Å². The summed E-state index contributed by atoms with van der Waals surface area (Å²) in [4.78, 5) is 55.3. The number of hydrogen-bond donors (Lipinski definition) is 0. The first-order chi connectivity index (χ1) is 15.2. The lowest BCUT2D eigenvalue weighted by Crippen LogP contribution is -2.62. The fourth-order valence-corrected chi connectivity index (χ4v) is 5.07. The number of allylic oxidation sites excluding steroid dienone is 2. The highest BCUT2D eigenvalue weighted by atomic mass is 19.1. The van der Waals surface area contributed by atoms with Gasteiger partial charge in [-0.15, -0.1) is 0 Å². The Morgan fingerprint density at radius 2 is 2.03 bits per heavy atom. The highest BCUT2D eigenvalue weighted by molar-refractivity contribution is 6.06. The average Bonchev–Trinajstić information content (AvgIpc) is 3.51. The minimum absolute atomic E-state index is 0.0461. The van der Waals surface area contributed by atoms with Crippen LogP contribution in [0.1, 0.15) is 26.7 Å². The molecule has 0 radical (unpaired) electrons. The zero-order chi connectivity index (χ0) is 22.9. The normalized spacial score (nSPS) is 31.9. The molecule has 4 atom stereocenters. The highest BCUT2D eigenvalue weighted by Crippen LogP contribution is 2.51. The van der Waals surface area contributed by atoms with Crippen molar-refractivity contribution >= 4 is 23.8 Å². The number of nitrogens with zero attached hydrogens (tertiary/aromatic N) is 3. The molecule has 11 heteroatoms. The van der Waals surface area contributed by atoms with Crippen molar-refractivity contribution in [3.05, 3.63) is 23.4 Å². The Bertz CT molecular complexity index is 964. The molecule has 172 valence electrons. The molecule has 5 aliphatic rings. The van der Waals surface area contributed by atoms with Crippen molar-refractivity contribution in [3.63, 3.8) is 0 Å². The van der Waals surface area contributed by atoms with E-state index in [4.69, 9.17) is 14.2 Å². The molecule has 2 aliphatic carbocycles. The van der Waals surface area contributed by atoms with E-state index < -0.39 is 53.4 Å². The topological polar surface area (TPSA) is 106 Å². The van der Waals surface area contributed by atoms with Gasteiger partial charge in [0.2, 0.25) is 0 Å². The lowest BCUT2D eigenvalue weighted by molar-refractivity contribution is -0.169. The number of morpholine rings is 2. The van der Waals surface area contributed by atoms with Crippen LogP contribution < -0.4 is 0 Å². The molecule has 10 nitrogen and oxygen atoms in total. The van der Waals surface area contributed by atoms with Gasteiger partial charge in [0.25, 0.3) is 11.8 Å². The molecule has 0 N–H and O–H groups in total. The second-order valence-corrected chi connectivity index (χ2v) is 8.76. The van der Waals surface area contributed by atoms with Gasteiger partial charge < -0.3 is 24.0 Å². The summed E-state index contributed by atoms with van der Waals surface area (Å²) in [5.41, 5.74) is -1.24. The summed E-state index contributed by atoms with van der Waals surface area (Å²) in [7, 11) is 1.22. The first kappa shape index (κ1) is 20.9. The number of imide groups is 1. The SMILES string of the molecule is COC(=O)C(C)N1C(=O)C2(CC2)OC2=CC(F)=C(N3C(=O)C4COCCN4C3=O)C(C)C21. The molecule has 3 aliphatic heterocycles. The number of hydrogen-bond acceptors (Lipinski definition) is 7. The Morgan fingerprint density at radius 1 is 1.31 bits per heavy atom. The quantitative estimate of drug-likeness (QED) is 0.461. The van der Waals surface area contributed by atoms with Crippen LogP contribution in [0.2, 0.25) is 0 Å². The Labute approximate surface area is 183 Å². The van der Waals surface area contributed by atoms with Crippen LogP contribution in [0.15, 0.2) is 23.4 Å². The van der Waals surface area contributed by atoms with Gasteiger partial charge in [-0.25, -0.2) is 18.9 Å². The van der Waals surface area contributed by atoms with Crippen molar-refractivity contribution in [2.24, 2.45) is 5.92 Å². The van der Waals surface area contributed by atoms with E-state index in [1.807, 2.05) is 0 Å². The lowest BCUT2D eigenvalue weighted by atomic mass is 9.86. The molecule has 1 spiro atoms. The van der Waals surface area contributed by atoms with E-state index in [2.05, 4.69) is 0 Å². The van der Waals surface area contributed by atoms with Crippen LogP contribution in [0, 0.1) is 5.92 Å². The maximum absolute atomic E-state index is 15.4. The summed E-state index contributed by atoms with van der Waals surface area (Å²) in [5.74, 6) is -2.98. The predicted octanol–water partition coefficient (Wildman–Crippen LogP) is 0.686. The second kappa shape index (κ2) is 7.03. The fourth-order valence-electron chi connectivity index (χ4n) is 5.07. The van der Waals surface area contributed by atoms with Crippen molar-refractivity contribution in [2.75, 3.05) is 26.9 Å². The summed E-state index contributed by atoms with van der Waals surface area (Å²) in [6.45, 7) is 3.72. The van der Waals surface area contributed by atoms with Crippen LogP contribution in [0.5, 0.6) is 0 Å². The minimum Gasteiger partial charge on any atom is -0.479 e. The highest BCUT2D eigenvalue weighted by Gasteiger charge is 2.63. The van der Waals surface area contributed by atoms with Crippen LogP contribution >= 0.6 is 0 Å². The van der Waals surface area contributed by atoms with Crippen LogP contribution in [0.4, 0.5) is 9.18 Å². The maximum atomic E-state index is 15.4. The van der Waals surface area contributed by atoms with E-state index in [0.29, 0.717) is 19.4 Å². The first-order valence-corrected chi connectivity index (χ1v) is 10.6. The van der Waals surface area contributed by atoms with E-state index in [9.17, 15) is 19.2 Å². The van der Waals surface area contributed by atoms with Crippen LogP contribution in [0.3, 0.4) is 0 Å². The Balaban J connectivity index is 1.57. The number of halogens is 1. The summed E-state index contributed by atoms with van der Waals surface area (Å²) >= 11 is 0. The predicted molar refractivity (Wildman–Crippen MR) is 104 cm³/mol. The van der Waals surface area contributed by atoms with Crippen molar-refractivity contribution in [1.82, 2.24) is 14.7 Å². The van der Waals surface area contributed by atoms with Gasteiger partial charge >= 0.3 is 12.0 Å². The molecule has 5 rings (SSSR count). The average molecular weight is 449 g/mol. The number of rotatable bonds is 3. The summed E-state index contributed by atoms with van der Waals surface area (Å²) < 4.78 is 31.5. The fraction of sp³-hybridized carbons (Fsp3) is 0.619. The molecule has 4 amide bonds. The van der Waals surface area contributed by atoms with Gasteiger partial charge in [0.1, 0.15) is 23.7 Å². The number of amides is 4. The largest absolute Gasteiger partial charge is 0.479 e. The number of ether oxygens (including phenoxy) is 3. The zero-order valence-corrected chi connectivity index (χ0v) is 18.0. The third-order valence-electron chi connectivity index (χ3n) is 6.92. The first-order valence-electron chi connectivity index (χ1n) is 10.6. The Kier molecular flexibility index (Phi) is 4.59. The smallest absolute Gasteiger partial charge is 0.332 e. The van der Waals surface area contributed by atoms with Gasteiger partial charge in [-0.1, -0.05) is 6.92 Å². The second-order valence-electron chi connectivity index (χ2n) is 8.76. The van der Waals surface area contributed by atoms with Gasteiger partial charge in [0, 0.05) is 31.4 Å². The molecule has 0 aromatic heterocycles. The molecule has 4 unspecified atom stereocenters. The number of methoxy groups -OCH3 is 1. The Hall–Kier alpha value is -2.95. The van der Waals surface area contributed by atoms with Crippen LogP contribution in [-0.4, -0.2) is 89.1 Å². The number of fused-ring (bicyclic) bond motifs is 2. The molecule has 0 aromatic carbocycles. The molecule has 3 heterocycles. The molecule has 32 heavy (non-hydrogen) atoms. The van der Waals surface area contributed by atoms with Crippen LogP contribution in [0.25, 0.3) is 0 Å². The van der Waals surface area contributed by atoms with Gasteiger partial charge in [-0.2, -0.15) is 0 Å². The number of urea groups is 1. The summed E-state index contributed by atoms with van der Waals surface area (Å²) in [5, 5.41) is 0. The zero-order valence-electron chi connectivity index (χ0n) is 18.0. The van der Waals surface area contributed by atoms with Gasteiger partial charge in [0.15, 0.2) is 5.60 Å². The maximum Gasteiger partial charge on any atom is 0.332 e. The minimum atomic E-state index is -1.10. The van der Waals surface area contributed by atoms with Crippen molar-refractivity contribution in [1.29, 1.82) is 0 Å². The summed E-state index contributed by atoms with van der Waals surface area (Å²) in [6, 6.07) is -3.26. The molecule has 3 saturated heterocycles. The van der Waals surface area contributed by atoms with Gasteiger partial charge in [0.05, 0.1) is 32.1 Å². The van der Waals surface area contributed by atoms with Crippen molar-refractivity contribution in [3.8, 4) is 0 Å². The number of carbonyl (C=O) groups is 4. The number of esters is 1. The monoisotopic (exact) mass is 449 g/mol. The van der Waals surface area contributed by atoms with Crippen molar-refractivity contribution in [2.45, 2.75) is 50.4 Å². The number of carbonyl (C=O) groups excluding carboxylic acids is 4. The molecule has 4 fully saturated rings. The van der Waals surface area contributed by atoms with E-state index in [0.717, 1.165) is 11.0 Å². The van der Waals surface area contributed by atoms with E-state index in [1.54, 1.807) is 6.92 Å². The standard InChI is InChI=1S/C21H24FN3O7/c1-10-15(25-17(26)13-9-31-7-6-23(13)20(25)29)12(22)8-14-16(10)24(11(2)18(27)30-3)19(28)21(32-14)4-5-21/h8,10-11,13,16H,4-7,9H2,1-3H3. The Morgan fingerprint density at radius 3 is 2.66 bits per heavy atom. The molecular formula is C21H24FN3O7. The van der Waals surface area contributed by atoms with E-state index in [1.165, 1.54) is 23.8 Å². The van der Waals surface area contributed by atoms with E-state index >= 15 is 4.39 Å². The molecule has 1 saturated carbocycles. The molecule has 0 aromatic rings. The van der Waals surface area contributed by atoms with Crippen LogP contribution in [-0.2, 0) is 28.6 Å². The molecular weight excluding hydrogens is 425 g/mol. The van der Waals surface area contributed by atoms with Gasteiger partial charge in [-0.05, 0) is 6.92 Å².